The van der Waals surface area contributed by atoms with Crippen molar-refractivity contribution in [3.05, 3.63) is 57.8 Å². The van der Waals surface area contributed by atoms with Gasteiger partial charge in [0.25, 0.3) is 11.8 Å². The summed E-state index contributed by atoms with van der Waals surface area (Å²) in [5.74, 6) is -0.178. The smallest absolute Gasteiger partial charge is 0.259 e. The summed E-state index contributed by atoms with van der Waals surface area (Å²) in [6.45, 7) is 3.79. The molecule has 4 heterocycles. The lowest BCUT2D eigenvalue weighted by atomic mass is 10.1. The molecular formula is C25H27BrN6O3S. The largest absolute Gasteiger partial charge is 0.489 e. The van der Waals surface area contributed by atoms with Gasteiger partial charge in [-0.2, -0.15) is 0 Å². The Bertz CT molecular complexity index is 1240. The summed E-state index contributed by atoms with van der Waals surface area (Å²) in [6, 6.07) is 7.31. The maximum atomic E-state index is 13.5. The van der Waals surface area contributed by atoms with Crippen molar-refractivity contribution < 1.29 is 14.3 Å². The van der Waals surface area contributed by atoms with E-state index in [1.165, 1.54) is 23.7 Å². The number of benzene rings is 1. The van der Waals surface area contributed by atoms with Crippen molar-refractivity contribution in [1.82, 2.24) is 15.3 Å². The first-order valence-corrected chi connectivity index (χ1v) is 13.6. The number of rotatable bonds is 7. The molecule has 2 aliphatic rings. The highest BCUT2D eigenvalue weighted by Gasteiger charge is 2.23. The zero-order chi connectivity index (χ0) is 24.9. The maximum Gasteiger partial charge on any atom is 0.259 e. The van der Waals surface area contributed by atoms with Crippen LogP contribution in [0.3, 0.4) is 0 Å². The third-order valence-electron chi connectivity index (χ3n) is 6.27. The number of nitrogens with zero attached hydrogens (tertiary/aromatic N) is 3. The van der Waals surface area contributed by atoms with Crippen molar-refractivity contribution in [2.24, 2.45) is 0 Å². The van der Waals surface area contributed by atoms with Crippen LogP contribution in [0.25, 0.3) is 0 Å². The number of thiazole rings is 1. The third kappa shape index (κ3) is 5.85. The average molecular weight is 572 g/mol. The van der Waals surface area contributed by atoms with Crippen LogP contribution < -0.4 is 25.6 Å². The molecule has 0 atom stereocenters. The standard InChI is InChI=1S/C25H27BrN6O3S/c26-22-15-29-25(36-22)31-23(33)18-7-10-28-14-20(18)30-24(34)19-4-3-16(32-11-1-2-12-32)13-21(19)35-17-5-8-27-9-6-17/h3-4,7,10,13-15,17,27H,1-2,5-6,8-9,11-12H2,(H,30,34)(H,29,31,33). The summed E-state index contributed by atoms with van der Waals surface area (Å²) in [5.41, 5.74) is 2.09. The Morgan fingerprint density at radius 3 is 2.58 bits per heavy atom. The van der Waals surface area contributed by atoms with Crippen molar-refractivity contribution in [3.63, 3.8) is 0 Å². The molecule has 0 bridgehead atoms. The van der Waals surface area contributed by atoms with Gasteiger partial charge in [-0.3, -0.25) is 19.9 Å². The van der Waals surface area contributed by atoms with Crippen LogP contribution in [0.4, 0.5) is 16.5 Å². The molecule has 2 aromatic heterocycles. The summed E-state index contributed by atoms with van der Waals surface area (Å²) in [7, 11) is 0. The molecule has 0 saturated carbocycles. The molecule has 0 unspecified atom stereocenters. The van der Waals surface area contributed by atoms with E-state index in [4.69, 9.17) is 4.74 Å². The minimum Gasteiger partial charge on any atom is -0.489 e. The number of piperidine rings is 1. The second-order valence-corrected chi connectivity index (χ2v) is 11.2. The summed E-state index contributed by atoms with van der Waals surface area (Å²) >= 11 is 4.64. The van der Waals surface area contributed by atoms with Gasteiger partial charge in [-0.25, -0.2) is 4.98 Å². The number of halogens is 1. The van der Waals surface area contributed by atoms with E-state index >= 15 is 0 Å². The van der Waals surface area contributed by atoms with Crippen LogP contribution in [0.1, 0.15) is 46.4 Å². The van der Waals surface area contributed by atoms with Crippen LogP contribution >= 0.6 is 27.3 Å². The van der Waals surface area contributed by atoms with Crippen molar-refractivity contribution in [2.45, 2.75) is 31.8 Å². The molecule has 2 amide bonds. The number of carbonyl (C=O) groups excluding carboxylic acids is 2. The number of ether oxygens (including phenoxy) is 1. The summed E-state index contributed by atoms with van der Waals surface area (Å²) in [6.07, 6.45) is 8.74. The molecule has 3 N–H and O–H groups in total. The highest BCUT2D eigenvalue weighted by molar-refractivity contribution is 9.11. The van der Waals surface area contributed by atoms with E-state index in [2.05, 4.69) is 46.7 Å². The Morgan fingerprint density at radius 2 is 1.83 bits per heavy atom. The van der Waals surface area contributed by atoms with Gasteiger partial charge in [0.2, 0.25) is 0 Å². The highest BCUT2D eigenvalue weighted by atomic mass is 79.9. The van der Waals surface area contributed by atoms with Gasteiger partial charge in [0.15, 0.2) is 5.13 Å². The molecule has 36 heavy (non-hydrogen) atoms. The lowest BCUT2D eigenvalue weighted by Gasteiger charge is -2.26. The number of carbonyl (C=O) groups is 2. The molecule has 2 aliphatic heterocycles. The SMILES string of the molecule is O=C(Nc1ncc(Br)s1)c1ccncc1NC(=O)c1ccc(N2CCCC2)cc1OC1CCNCC1. The molecule has 3 aromatic rings. The predicted molar refractivity (Wildman–Crippen MR) is 144 cm³/mol. The van der Waals surface area contributed by atoms with Crippen molar-refractivity contribution >= 4 is 55.6 Å². The molecule has 11 heteroatoms. The zero-order valence-electron chi connectivity index (χ0n) is 19.6. The quantitative estimate of drug-likeness (QED) is 0.382. The minimum atomic E-state index is -0.384. The van der Waals surface area contributed by atoms with E-state index in [1.807, 2.05) is 18.2 Å². The van der Waals surface area contributed by atoms with Gasteiger partial charge in [-0.1, -0.05) is 11.3 Å². The first kappa shape index (κ1) is 24.7. The first-order valence-electron chi connectivity index (χ1n) is 12.0. The van der Waals surface area contributed by atoms with Crippen LogP contribution in [0, 0.1) is 0 Å². The van der Waals surface area contributed by atoms with Crippen molar-refractivity contribution in [1.29, 1.82) is 0 Å². The van der Waals surface area contributed by atoms with E-state index in [0.29, 0.717) is 27.7 Å². The molecule has 1 aromatic carbocycles. The highest BCUT2D eigenvalue weighted by Crippen LogP contribution is 2.31. The molecule has 0 spiro atoms. The normalized spacial score (nSPS) is 16.1. The monoisotopic (exact) mass is 570 g/mol. The Morgan fingerprint density at radius 1 is 1.06 bits per heavy atom. The fourth-order valence-corrected chi connectivity index (χ4v) is 5.52. The maximum absolute atomic E-state index is 13.5. The Hall–Kier alpha value is -3.02. The second-order valence-electron chi connectivity index (χ2n) is 8.74. The average Bonchev–Trinajstić information content (AvgIpc) is 3.57. The molecule has 9 nitrogen and oxygen atoms in total. The minimum absolute atomic E-state index is 0.0454. The van der Waals surface area contributed by atoms with Gasteiger partial charge >= 0.3 is 0 Å². The number of pyridine rings is 1. The molecular weight excluding hydrogens is 544 g/mol. The second kappa shape index (κ2) is 11.4. The Labute approximate surface area is 221 Å². The van der Waals surface area contributed by atoms with E-state index in [0.717, 1.165) is 61.3 Å². The van der Waals surface area contributed by atoms with Gasteiger partial charge in [-0.15, -0.1) is 0 Å². The van der Waals surface area contributed by atoms with E-state index in [-0.39, 0.29) is 17.9 Å². The first-order chi connectivity index (χ1) is 17.6. The fourth-order valence-electron chi connectivity index (χ4n) is 4.42. The molecule has 2 fully saturated rings. The third-order valence-corrected chi connectivity index (χ3v) is 7.66. The lowest BCUT2D eigenvalue weighted by molar-refractivity contribution is 0.101. The van der Waals surface area contributed by atoms with Crippen LogP contribution in [0.2, 0.25) is 0 Å². The van der Waals surface area contributed by atoms with Crippen molar-refractivity contribution in [2.75, 3.05) is 41.7 Å². The van der Waals surface area contributed by atoms with Crippen LogP contribution in [0.15, 0.2) is 46.6 Å². The molecule has 0 aliphatic carbocycles. The van der Waals surface area contributed by atoms with Crippen LogP contribution in [-0.4, -0.2) is 54.1 Å². The van der Waals surface area contributed by atoms with Crippen molar-refractivity contribution in [3.8, 4) is 5.75 Å². The summed E-state index contributed by atoms with van der Waals surface area (Å²) < 4.78 is 7.18. The zero-order valence-corrected chi connectivity index (χ0v) is 22.0. The van der Waals surface area contributed by atoms with Crippen LogP contribution in [0.5, 0.6) is 5.75 Å². The number of hydrogen-bond donors (Lipinski definition) is 3. The Balaban J connectivity index is 1.38. The predicted octanol–water partition coefficient (Wildman–Crippen LogP) is 4.54. The van der Waals surface area contributed by atoms with Gasteiger partial charge in [0.1, 0.15) is 11.9 Å². The van der Waals surface area contributed by atoms with Crippen LogP contribution in [-0.2, 0) is 0 Å². The summed E-state index contributed by atoms with van der Waals surface area (Å²) in [5, 5.41) is 9.43. The van der Waals surface area contributed by atoms with E-state index < -0.39 is 0 Å². The van der Waals surface area contributed by atoms with Gasteiger partial charge in [0.05, 0.1) is 33.0 Å². The fraction of sp³-hybridized carbons (Fsp3) is 0.360. The molecule has 5 rings (SSSR count). The number of anilines is 3. The molecule has 2 saturated heterocycles. The van der Waals surface area contributed by atoms with Gasteiger partial charge in [-0.05, 0) is 72.9 Å². The lowest BCUT2D eigenvalue weighted by Crippen LogP contribution is -2.34. The van der Waals surface area contributed by atoms with Gasteiger partial charge < -0.3 is 20.3 Å². The number of nitrogens with one attached hydrogen (secondary N) is 3. The van der Waals surface area contributed by atoms with Gasteiger partial charge in [0, 0.05) is 31.0 Å². The molecule has 188 valence electrons. The number of hydrogen-bond acceptors (Lipinski definition) is 8. The summed E-state index contributed by atoms with van der Waals surface area (Å²) in [4.78, 5) is 36.9. The topological polar surface area (TPSA) is 108 Å². The Kier molecular flexibility index (Phi) is 7.78. The molecule has 0 radical (unpaired) electrons. The number of amides is 2. The number of aromatic nitrogens is 2. The van der Waals surface area contributed by atoms with E-state index in [9.17, 15) is 9.59 Å². The van der Waals surface area contributed by atoms with E-state index in [1.54, 1.807) is 12.3 Å².